The third kappa shape index (κ3) is 3.68. The number of sulfonamides is 1. The van der Waals surface area contributed by atoms with Crippen molar-refractivity contribution in [3.05, 3.63) is 41.8 Å². The van der Waals surface area contributed by atoms with Crippen molar-refractivity contribution < 1.29 is 22.7 Å². The molecular formula is C19H21N3O5S2. The van der Waals surface area contributed by atoms with Crippen LogP contribution in [0.4, 0.5) is 5.69 Å². The molecule has 4 rings (SSSR count). The highest BCUT2D eigenvalue weighted by Gasteiger charge is 2.44. The molecule has 0 N–H and O–H groups in total. The summed E-state index contributed by atoms with van der Waals surface area (Å²) in [6.45, 7) is 1.40. The highest BCUT2D eigenvalue weighted by Crippen LogP contribution is 2.29. The minimum atomic E-state index is -3.50. The number of thiophene rings is 1. The maximum Gasteiger partial charge on any atom is 0.252 e. The predicted octanol–water partition coefficient (Wildman–Crippen LogP) is 1.40. The Kier molecular flexibility index (Phi) is 5.43. The number of imide groups is 1. The van der Waals surface area contributed by atoms with Gasteiger partial charge < -0.3 is 4.74 Å². The average Bonchev–Trinajstić information content (AvgIpc) is 3.37. The molecule has 154 valence electrons. The van der Waals surface area contributed by atoms with E-state index in [-0.39, 0.29) is 18.2 Å². The van der Waals surface area contributed by atoms with E-state index in [4.69, 9.17) is 4.74 Å². The fourth-order valence-corrected chi connectivity index (χ4v) is 6.26. The fraction of sp³-hybridized carbons (Fsp3) is 0.368. The van der Waals surface area contributed by atoms with E-state index in [1.54, 1.807) is 48.9 Å². The molecule has 0 unspecified atom stereocenters. The van der Waals surface area contributed by atoms with Crippen LogP contribution < -0.4 is 9.64 Å². The number of anilines is 1. The summed E-state index contributed by atoms with van der Waals surface area (Å²) in [5.41, 5.74) is 0.516. The molecule has 2 aromatic rings. The number of ether oxygens (including phenoxy) is 1. The van der Waals surface area contributed by atoms with E-state index in [9.17, 15) is 18.0 Å². The predicted molar refractivity (Wildman–Crippen MR) is 109 cm³/mol. The smallest absolute Gasteiger partial charge is 0.252 e. The van der Waals surface area contributed by atoms with E-state index in [0.29, 0.717) is 41.8 Å². The van der Waals surface area contributed by atoms with Gasteiger partial charge in [-0.3, -0.25) is 14.5 Å². The Morgan fingerprint density at radius 2 is 1.72 bits per heavy atom. The van der Waals surface area contributed by atoms with Crippen LogP contribution in [-0.2, 0) is 19.6 Å². The third-order valence-electron chi connectivity index (χ3n) is 5.26. The first-order valence-corrected chi connectivity index (χ1v) is 11.5. The van der Waals surface area contributed by atoms with Gasteiger partial charge in [0.2, 0.25) is 5.91 Å². The van der Waals surface area contributed by atoms with Crippen molar-refractivity contribution in [1.29, 1.82) is 0 Å². The summed E-state index contributed by atoms with van der Waals surface area (Å²) >= 11 is 1.19. The molecule has 2 aliphatic rings. The van der Waals surface area contributed by atoms with Crippen molar-refractivity contribution in [3.63, 3.8) is 0 Å². The van der Waals surface area contributed by atoms with Crippen LogP contribution >= 0.6 is 11.3 Å². The van der Waals surface area contributed by atoms with Crippen LogP contribution in [0.1, 0.15) is 6.42 Å². The molecule has 2 saturated heterocycles. The number of hydrogen-bond donors (Lipinski definition) is 0. The number of amides is 2. The largest absolute Gasteiger partial charge is 0.497 e. The lowest BCUT2D eigenvalue weighted by Gasteiger charge is -2.36. The molecule has 8 nitrogen and oxygen atoms in total. The van der Waals surface area contributed by atoms with Crippen molar-refractivity contribution in [2.75, 3.05) is 38.2 Å². The Labute approximate surface area is 173 Å². The minimum absolute atomic E-state index is 0.0997. The molecule has 2 fully saturated rings. The number of carbonyl (C=O) groups excluding carboxylic acids is 2. The molecule has 0 aliphatic carbocycles. The zero-order valence-corrected chi connectivity index (χ0v) is 17.5. The maximum absolute atomic E-state index is 12.9. The van der Waals surface area contributed by atoms with E-state index in [2.05, 4.69) is 0 Å². The molecule has 10 heteroatoms. The summed E-state index contributed by atoms with van der Waals surface area (Å²) in [4.78, 5) is 28.6. The van der Waals surface area contributed by atoms with Crippen LogP contribution in [0.3, 0.4) is 0 Å². The van der Waals surface area contributed by atoms with E-state index >= 15 is 0 Å². The number of methoxy groups -OCH3 is 1. The Hall–Kier alpha value is -2.27. The zero-order valence-electron chi connectivity index (χ0n) is 15.9. The van der Waals surface area contributed by atoms with Gasteiger partial charge in [0.15, 0.2) is 0 Å². The second-order valence-corrected chi connectivity index (χ2v) is 9.97. The second-order valence-electron chi connectivity index (χ2n) is 6.86. The summed E-state index contributed by atoms with van der Waals surface area (Å²) in [5.74, 6) is 0.126. The molecule has 0 radical (unpaired) electrons. The van der Waals surface area contributed by atoms with Crippen LogP contribution in [0.15, 0.2) is 46.0 Å². The van der Waals surface area contributed by atoms with Gasteiger partial charge in [-0.05, 0) is 35.7 Å². The SMILES string of the molecule is COc1ccc(N2C(=O)C[C@H](N3CCN(S(=O)(=O)c4cccs4)CC3)C2=O)cc1. The topological polar surface area (TPSA) is 87.2 Å². The monoisotopic (exact) mass is 435 g/mol. The Bertz CT molecular complexity index is 997. The molecule has 0 bridgehead atoms. The van der Waals surface area contributed by atoms with E-state index < -0.39 is 16.1 Å². The summed E-state index contributed by atoms with van der Waals surface area (Å²) in [7, 11) is -1.95. The molecule has 2 aliphatic heterocycles. The first-order chi connectivity index (χ1) is 13.9. The molecule has 1 atom stereocenters. The van der Waals surface area contributed by atoms with Crippen LogP contribution in [0.2, 0.25) is 0 Å². The lowest BCUT2D eigenvalue weighted by molar-refractivity contribution is -0.123. The number of carbonyl (C=O) groups is 2. The molecule has 0 saturated carbocycles. The summed E-state index contributed by atoms with van der Waals surface area (Å²) < 4.78 is 32.2. The number of hydrogen-bond acceptors (Lipinski definition) is 7. The average molecular weight is 436 g/mol. The van der Waals surface area contributed by atoms with Gasteiger partial charge in [-0.25, -0.2) is 13.3 Å². The number of rotatable bonds is 5. The molecule has 3 heterocycles. The van der Waals surface area contributed by atoms with E-state index in [1.165, 1.54) is 20.5 Å². The minimum Gasteiger partial charge on any atom is -0.497 e. The maximum atomic E-state index is 12.9. The Morgan fingerprint density at radius 3 is 2.31 bits per heavy atom. The fourth-order valence-electron chi connectivity index (χ4n) is 3.70. The van der Waals surface area contributed by atoms with Crippen molar-refractivity contribution in [2.45, 2.75) is 16.7 Å². The second kappa shape index (κ2) is 7.86. The molecule has 29 heavy (non-hydrogen) atoms. The van der Waals surface area contributed by atoms with Gasteiger partial charge in [0, 0.05) is 26.2 Å². The van der Waals surface area contributed by atoms with Gasteiger partial charge in [-0.15, -0.1) is 11.3 Å². The van der Waals surface area contributed by atoms with Gasteiger partial charge in [-0.1, -0.05) is 6.07 Å². The Morgan fingerprint density at radius 1 is 1.03 bits per heavy atom. The molecule has 1 aromatic carbocycles. The number of nitrogens with zero attached hydrogens (tertiary/aromatic N) is 3. The van der Waals surface area contributed by atoms with E-state index in [1.807, 2.05) is 4.90 Å². The lowest BCUT2D eigenvalue weighted by Crippen LogP contribution is -2.53. The van der Waals surface area contributed by atoms with Gasteiger partial charge in [0.25, 0.3) is 15.9 Å². The number of benzene rings is 1. The quantitative estimate of drug-likeness (QED) is 0.660. The first kappa shape index (κ1) is 20.0. The van der Waals surface area contributed by atoms with Crippen LogP contribution in [0, 0.1) is 0 Å². The normalized spacial score (nSPS) is 21.7. The van der Waals surface area contributed by atoms with Crippen molar-refractivity contribution in [3.8, 4) is 5.75 Å². The highest BCUT2D eigenvalue weighted by molar-refractivity contribution is 7.91. The summed E-state index contributed by atoms with van der Waals surface area (Å²) in [6.07, 6.45) is 0.0997. The Balaban J connectivity index is 1.44. The molecule has 2 amide bonds. The molecular weight excluding hydrogens is 414 g/mol. The van der Waals surface area contributed by atoms with E-state index in [0.717, 1.165) is 0 Å². The molecule has 0 spiro atoms. The first-order valence-electron chi connectivity index (χ1n) is 9.20. The highest BCUT2D eigenvalue weighted by atomic mass is 32.2. The summed E-state index contributed by atoms with van der Waals surface area (Å²) in [6, 6.07) is 9.53. The van der Waals surface area contributed by atoms with Gasteiger partial charge in [0.05, 0.1) is 25.3 Å². The number of piperazine rings is 1. The van der Waals surface area contributed by atoms with Crippen LogP contribution in [0.25, 0.3) is 0 Å². The standard InChI is InChI=1S/C19H21N3O5S2/c1-27-15-6-4-14(5-7-15)22-17(23)13-16(19(22)24)20-8-10-21(11-9-20)29(25,26)18-3-2-12-28-18/h2-7,12,16H,8-11,13H2,1H3/t16-/m0/s1. The third-order valence-corrected chi connectivity index (χ3v) is 8.53. The van der Waals surface area contributed by atoms with Crippen molar-refractivity contribution >= 4 is 38.9 Å². The van der Waals surface area contributed by atoms with Crippen LogP contribution in [0.5, 0.6) is 5.75 Å². The van der Waals surface area contributed by atoms with Gasteiger partial charge in [0.1, 0.15) is 9.96 Å². The van der Waals surface area contributed by atoms with Gasteiger partial charge in [-0.2, -0.15) is 4.31 Å². The molecule has 1 aromatic heterocycles. The zero-order chi connectivity index (χ0) is 20.6. The van der Waals surface area contributed by atoms with Crippen molar-refractivity contribution in [2.24, 2.45) is 0 Å². The van der Waals surface area contributed by atoms with Gasteiger partial charge >= 0.3 is 0 Å². The lowest BCUT2D eigenvalue weighted by atomic mass is 10.2. The van der Waals surface area contributed by atoms with Crippen LogP contribution in [-0.4, -0.2) is 68.8 Å². The summed E-state index contributed by atoms with van der Waals surface area (Å²) in [5, 5.41) is 1.74. The van der Waals surface area contributed by atoms with Crippen molar-refractivity contribution in [1.82, 2.24) is 9.21 Å².